The van der Waals surface area contributed by atoms with Gasteiger partial charge in [0.05, 0.1) is 17.8 Å². The van der Waals surface area contributed by atoms with Gasteiger partial charge in [0.25, 0.3) is 11.8 Å². The quantitative estimate of drug-likeness (QED) is 0.788. The molecule has 1 aliphatic heterocycles. The lowest BCUT2D eigenvalue weighted by atomic mass is 10.1. The highest BCUT2D eigenvalue weighted by atomic mass is 16.2. The standard InChI is InChI=1S/C13H17N3O2/c1-9(14)7-15(2)8-16-12(17)10-5-3-4-6-11(10)13(16)18/h3-6,9H,7-8,14H2,1-2H3. The highest BCUT2D eigenvalue weighted by molar-refractivity contribution is 6.21. The lowest BCUT2D eigenvalue weighted by Gasteiger charge is -2.24. The Bertz CT molecular complexity index is 450. The average Bonchev–Trinajstić information content (AvgIpc) is 2.54. The third-order valence-electron chi connectivity index (χ3n) is 2.86. The maximum Gasteiger partial charge on any atom is 0.262 e. The minimum absolute atomic E-state index is 0.00480. The van der Waals surface area contributed by atoms with Crippen molar-refractivity contribution in [3.8, 4) is 0 Å². The molecule has 0 aromatic heterocycles. The number of hydrogen-bond donors (Lipinski definition) is 1. The van der Waals surface area contributed by atoms with Crippen molar-refractivity contribution >= 4 is 11.8 Å². The molecule has 0 spiro atoms. The van der Waals surface area contributed by atoms with E-state index in [0.29, 0.717) is 17.7 Å². The number of rotatable bonds is 4. The van der Waals surface area contributed by atoms with Gasteiger partial charge in [0.15, 0.2) is 0 Å². The van der Waals surface area contributed by atoms with Crippen molar-refractivity contribution in [2.75, 3.05) is 20.3 Å². The van der Waals surface area contributed by atoms with E-state index in [-0.39, 0.29) is 24.5 Å². The van der Waals surface area contributed by atoms with Crippen LogP contribution in [0.15, 0.2) is 24.3 Å². The number of hydrogen-bond acceptors (Lipinski definition) is 4. The minimum atomic E-state index is -0.230. The second kappa shape index (κ2) is 4.88. The monoisotopic (exact) mass is 247 g/mol. The number of carbonyl (C=O) groups excluding carboxylic acids is 2. The van der Waals surface area contributed by atoms with Crippen molar-refractivity contribution in [1.29, 1.82) is 0 Å². The molecule has 2 rings (SSSR count). The maximum atomic E-state index is 12.1. The molecule has 1 aliphatic rings. The van der Waals surface area contributed by atoms with Crippen LogP contribution in [-0.4, -0.2) is 47.9 Å². The summed E-state index contributed by atoms with van der Waals surface area (Å²) >= 11 is 0. The number of nitrogens with zero attached hydrogens (tertiary/aromatic N) is 2. The number of carbonyl (C=O) groups is 2. The third-order valence-corrected chi connectivity index (χ3v) is 2.86. The topological polar surface area (TPSA) is 66.6 Å². The SMILES string of the molecule is CC(N)CN(C)CN1C(=O)c2ccccc2C1=O. The summed E-state index contributed by atoms with van der Waals surface area (Å²) < 4.78 is 0. The molecule has 18 heavy (non-hydrogen) atoms. The molecule has 1 aromatic rings. The van der Waals surface area contributed by atoms with Crippen molar-refractivity contribution in [2.24, 2.45) is 5.73 Å². The molecule has 0 saturated carbocycles. The molecule has 2 N–H and O–H groups in total. The number of likely N-dealkylation sites (N-methyl/N-ethyl adjacent to an activating group) is 1. The van der Waals surface area contributed by atoms with Gasteiger partial charge in [-0.1, -0.05) is 12.1 Å². The molecule has 1 unspecified atom stereocenters. The fourth-order valence-corrected chi connectivity index (χ4v) is 2.16. The summed E-state index contributed by atoms with van der Waals surface area (Å²) in [6.07, 6.45) is 0. The molecule has 5 nitrogen and oxygen atoms in total. The molecule has 1 aromatic carbocycles. The molecule has 0 aliphatic carbocycles. The third kappa shape index (κ3) is 2.27. The van der Waals surface area contributed by atoms with Crippen LogP contribution < -0.4 is 5.73 Å². The maximum absolute atomic E-state index is 12.1. The van der Waals surface area contributed by atoms with Crippen LogP contribution in [0.5, 0.6) is 0 Å². The van der Waals surface area contributed by atoms with Crippen LogP contribution in [0, 0.1) is 0 Å². The second-order valence-electron chi connectivity index (χ2n) is 4.74. The van der Waals surface area contributed by atoms with E-state index in [0.717, 1.165) is 0 Å². The number of fused-ring (bicyclic) bond motifs is 1. The van der Waals surface area contributed by atoms with E-state index in [4.69, 9.17) is 5.73 Å². The predicted molar refractivity (Wildman–Crippen MR) is 68.1 cm³/mol. The van der Waals surface area contributed by atoms with E-state index in [1.807, 2.05) is 18.9 Å². The van der Waals surface area contributed by atoms with Crippen LogP contribution in [0.25, 0.3) is 0 Å². The predicted octanol–water partition coefficient (Wildman–Crippen LogP) is 0.519. The molecular weight excluding hydrogens is 230 g/mol. The van der Waals surface area contributed by atoms with E-state index in [9.17, 15) is 9.59 Å². The van der Waals surface area contributed by atoms with Crippen molar-refractivity contribution in [2.45, 2.75) is 13.0 Å². The summed E-state index contributed by atoms with van der Waals surface area (Å²) in [5.74, 6) is -0.459. The molecule has 0 saturated heterocycles. The Balaban J connectivity index is 2.14. The summed E-state index contributed by atoms with van der Waals surface area (Å²) in [6, 6.07) is 6.89. The first-order chi connectivity index (χ1) is 8.50. The second-order valence-corrected chi connectivity index (χ2v) is 4.74. The van der Waals surface area contributed by atoms with Crippen LogP contribution in [-0.2, 0) is 0 Å². The van der Waals surface area contributed by atoms with E-state index < -0.39 is 0 Å². The molecule has 2 amide bonds. The van der Waals surface area contributed by atoms with Gasteiger partial charge >= 0.3 is 0 Å². The first-order valence-electron chi connectivity index (χ1n) is 5.90. The largest absolute Gasteiger partial charge is 0.327 e. The lowest BCUT2D eigenvalue weighted by Crippen LogP contribution is -2.43. The normalized spacial score (nSPS) is 16.3. The zero-order valence-corrected chi connectivity index (χ0v) is 10.6. The van der Waals surface area contributed by atoms with Gasteiger partial charge in [0, 0.05) is 12.6 Å². The molecule has 5 heteroatoms. The molecule has 1 heterocycles. The fraction of sp³-hybridized carbons (Fsp3) is 0.385. The summed E-state index contributed by atoms with van der Waals surface area (Å²) in [6.45, 7) is 2.79. The Morgan fingerprint density at radius 3 is 2.17 bits per heavy atom. The Morgan fingerprint density at radius 2 is 1.72 bits per heavy atom. The fourth-order valence-electron chi connectivity index (χ4n) is 2.16. The zero-order valence-electron chi connectivity index (χ0n) is 10.6. The number of imide groups is 1. The smallest absolute Gasteiger partial charge is 0.262 e. The van der Waals surface area contributed by atoms with Crippen molar-refractivity contribution in [3.05, 3.63) is 35.4 Å². The van der Waals surface area contributed by atoms with Gasteiger partial charge < -0.3 is 5.73 Å². The van der Waals surface area contributed by atoms with Gasteiger partial charge in [-0.15, -0.1) is 0 Å². The summed E-state index contributed by atoms with van der Waals surface area (Å²) in [4.78, 5) is 27.3. The summed E-state index contributed by atoms with van der Waals surface area (Å²) in [7, 11) is 1.84. The number of benzene rings is 1. The number of amides is 2. The van der Waals surface area contributed by atoms with Crippen molar-refractivity contribution in [3.63, 3.8) is 0 Å². The van der Waals surface area contributed by atoms with Crippen LogP contribution in [0.1, 0.15) is 27.6 Å². The Labute approximate surface area is 106 Å². The molecular formula is C13H17N3O2. The minimum Gasteiger partial charge on any atom is -0.327 e. The average molecular weight is 247 g/mol. The molecule has 0 fully saturated rings. The molecule has 96 valence electrons. The summed E-state index contributed by atoms with van der Waals surface area (Å²) in [5, 5.41) is 0. The number of nitrogens with two attached hydrogens (primary N) is 1. The van der Waals surface area contributed by atoms with Gasteiger partial charge in [0.1, 0.15) is 0 Å². The van der Waals surface area contributed by atoms with Gasteiger partial charge in [-0.3, -0.25) is 19.4 Å². The van der Waals surface area contributed by atoms with Gasteiger partial charge in [-0.25, -0.2) is 0 Å². The highest BCUT2D eigenvalue weighted by Crippen LogP contribution is 2.22. The van der Waals surface area contributed by atoms with E-state index in [1.54, 1.807) is 24.3 Å². The first kappa shape index (κ1) is 12.7. The Morgan fingerprint density at radius 1 is 1.22 bits per heavy atom. The molecule has 0 bridgehead atoms. The van der Waals surface area contributed by atoms with Gasteiger partial charge in [-0.05, 0) is 26.1 Å². The molecule has 0 radical (unpaired) electrons. The van der Waals surface area contributed by atoms with E-state index >= 15 is 0 Å². The van der Waals surface area contributed by atoms with Gasteiger partial charge in [-0.2, -0.15) is 0 Å². The lowest BCUT2D eigenvalue weighted by molar-refractivity contribution is 0.0562. The summed E-state index contributed by atoms with van der Waals surface area (Å²) in [5.41, 5.74) is 6.66. The highest BCUT2D eigenvalue weighted by Gasteiger charge is 2.35. The van der Waals surface area contributed by atoms with Crippen LogP contribution in [0.2, 0.25) is 0 Å². The van der Waals surface area contributed by atoms with Crippen LogP contribution in [0.4, 0.5) is 0 Å². The first-order valence-corrected chi connectivity index (χ1v) is 5.90. The van der Waals surface area contributed by atoms with Crippen LogP contribution in [0.3, 0.4) is 0 Å². The molecule has 1 atom stereocenters. The van der Waals surface area contributed by atoms with Gasteiger partial charge in [0.2, 0.25) is 0 Å². The van der Waals surface area contributed by atoms with Crippen molar-refractivity contribution in [1.82, 2.24) is 9.80 Å². The van der Waals surface area contributed by atoms with Crippen LogP contribution >= 0.6 is 0 Å². The Hall–Kier alpha value is -1.72. The zero-order chi connectivity index (χ0) is 13.3. The Kier molecular flexibility index (Phi) is 3.45. The van der Waals surface area contributed by atoms with E-state index in [2.05, 4.69) is 0 Å². The van der Waals surface area contributed by atoms with E-state index in [1.165, 1.54) is 4.90 Å². The van der Waals surface area contributed by atoms with Crippen molar-refractivity contribution < 1.29 is 9.59 Å².